The van der Waals surface area contributed by atoms with Crippen molar-refractivity contribution in [1.82, 2.24) is 19.9 Å². The molecule has 0 aliphatic carbocycles. The van der Waals surface area contributed by atoms with Gasteiger partial charge >= 0.3 is 0 Å². The van der Waals surface area contributed by atoms with Gasteiger partial charge in [-0.05, 0) is 49.5 Å². The number of rotatable bonds is 4. The number of benzene rings is 1. The van der Waals surface area contributed by atoms with Gasteiger partial charge in [-0.1, -0.05) is 31.1 Å². The monoisotopic (exact) mass is 370 g/mol. The fourth-order valence-corrected chi connectivity index (χ4v) is 5.47. The van der Waals surface area contributed by atoms with Gasteiger partial charge in [-0.2, -0.15) is 4.98 Å². The van der Waals surface area contributed by atoms with Gasteiger partial charge in [0.1, 0.15) is 5.82 Å². The molecule has 0 N–H and O–H groups in total. The highest BCUT2D eigenvalue weighted by atomic mass is 19.1. The Morgan fingerprint density at radius 2 is 1.89 bits per heavy atom. The summed E-state index contributed by atoms with van der Waals surface area (Å²) < 4.78 is 19.0. The number of hydrogen-bond acceptors (Lipinski definition) is 5. The quantitative estimate of drug-likeness (QED) is 0.825. The molecule has 4 aliphatic heterocycles. The van der Waals surface area contributed by atoms with E-state index in [1.54, 1.807) is 12.1 Å². The maximum Gasteiger partial charge on any atom is 0.240 e. The van der Waals surface area contributed by atoms with Crippen molar-refractivity contribution in [2.24, 2.45) is 5.92 Å². The van der Waals surface area contributed by atoms with Crippen molar-refractivity contribution < 1.29 is 8.91 Å². The number of piperidine rings is 3. The number of halogens is 1. The van der Waals surface area contributed by atoms with E-state index in [0.717, 1.165) is 18.3 Å². The minimum Gasteiger partial charge on any atom is -0.338 e. The van der Waals surface area contributed by atoms with Crippen molar-refractivity contribution in [3.63, 3.8) is 0 Å². The first-order chi connectivity index (χ1) is 13.1. The molecule has 0 radical (unpaired) electrons. The summed E-state index contributed by atoms with van der Waals surface area (Å²) in [6.07, 6.45) is 2.55. The number of hydrogen-bond donors (Lipinski definition) is 0. The van der Waals surface area contributed by atoms with Crippen LogP contribution in [0.1, 0.15) is 55.8 Å². The zero-order chi connectivity index (χ0) is 18.5. The van der Waals surface area contributed by atoms with Gasteiger partial charge in [-0.15, -0.1) is 0 Å². The largest absolute Gasteiger partial charge is 0.338 e. The van der Waals surface area contributed by atoms with Crippen LogP contribution in [0, 0.1) is 11.7 Å². The second-order valence-electron chi connectivity index (χ2n) is 8.64. The SMILES string of the molecule is CC(C)c1noc(CN2C[C@H](c3ccc(F)cc3)[C@@H]3[C@H]2C2CCN3CC2)n1. The molecule has 1 aromatic heterocycles. The number of fused-ring (bicyclic) bond motifs is 2. The fraction of sp³-hybridized carbons (Fsp3) is 0.619. The molecule has 4 fully saturated rings. The Labute approximate surface area is 159 Å². The second kappa shape index (κ2) is 6.67. The minimum absolute atomic E-state index is 0.164. The summed E-state index contributed by atoms with van der Waals surface area (Å²) in [6, 6.07) is 8.15. The minimum atomic E-state index is -0.164. The van der Waals surface area contributed by atoms with E-state index < -0.39 is 0 Å². The molecule has 1 aromatic carbocycles. The van der Waals surface area contributed by atoms with Crippen LogP contribution in [0.3, 0.4) is 0 Å². The highest BCUT2D eigenvalue weighted by molar-refractivity contribution is 5.27. The maximum absolute atomic E-state index is 13.4. The van der Waals surface area contributed by atoms with Crippen LogP contribution in [-0.4, -0.2) is 51.7 Å². The van der Waals surface area contributed by atoms with Crippen LogP contribution in [-0.2, 0) is 6.54 Å². The van der Waals surface area contributed by atoms with Gasteiger partial charge in [0.05, 0.1) is 6.54 Å². The zero-order valence-electron chi connectivity index (χ0n) is 16.0. The molecule has 0 saturated carbocycles. The van der Waals surface area contributed by atoms with Gasteiger partial charge < -0.3 is 4.52 Å². The molecule has 3 atom stereocenters. The third-order valence-corrected chi connectivity index (χ3v) is 6.73. The molecule has 27 heavy (non-hydrogen) atoms. The van der Waals surface area contributed by atoms with E-state index >= 15 is 0 Å². The van der Waals surface area contributed by atoms with Crippen LogP contribution in [0.25, 0.3) is 0 Å². The zero-order valence-corrected chi connectivity index (χ0v) is 16.0. The molecule has 5 heterocycles. The van der Waals surface area contributed by atoms with Crippen LogP contribution in [0.5, 0.6) is 0 Å². The van der Waals surface area contributed by atoms with Crippen molar-refractivity contribution >= 4 is 0 Å². The predicted octanol–water partition coefficient (Wildman–Crippen LogP) is 3.39. The lowest BCUT2D eigenvalue weighted by Crippen LogP contribution is -2.60. The van der Waals surface area contributed by atoms with E-state index in [1.807, 2.05) is 12.1 Å². The lowest BCUT2D eigenvalue weighted by Gasteiger charge is -2.51. The standard InChI is InChI=1S/C21H27FN4O/c1-13(2)21-23-18(27-24-21)12-26-11-17(14-3-5-16(22)6-4-14)20-19(26)15-7-9-25(20)10-8-15/h3-6,13,15,17,19-20H,7-12H2,1-2H3/t17-,19-,20-/m1/s1. The predicted molar refractivity (Wildman–Crippen MR) is 99.8 cm³/mol. The Morgan fingerprint density at radius 3 is 2.56 bits per heavy atom. The number of likely N-dealkylation sites (tertiary alicyclic amines) is 1. The summed E-state index contributed by atoms with van der Waals surface area (Å²) in [5.74, 6) is 2.75. The molecule has 6 heteroatoms. The summed E-state index contributed by atoms with van der Waals surface area (Å²) in [5, 5.41) is 4.13. The van der Waals surface area contributed by atoms with Crippen molar-refractivity contribution in [2.75, 3.05) is 19.6 Å². The summed E-state index contributed by atoms with van der Waals surface area (Å²) in [4.78, 5) is 9.81. The Kier molecular flexibility index (Phi) is 4.28. The lowest BCUT2D eigenvalue weighted by molar-refractivity contribution is -0.0109. The number of aromatic nitrogens is 2. The summed E-state index contributed by atoms with van der Waals surface area (Å²) in [6.45, 7) is 8.22. The first kappa shape index (κ1) is 17.3. The number of nitrogens with zero attached hydrogens (tertiary/aromatic N) is 4. The molecule has 0 amide bonds. The van der Waals surface area contributed by atoms with Crippen LogP contribution >= 0.6 is 0 Å². The van der Waals surface area contributed by atoms with E-state index in [4.69, 9.17) is 4.52 Å². The molecule has 6 rings (SSSR count). The highest BCUT2D eigenvalue weighted by Crippen LogP contribution is 2.46. The molecule has 2 aromatic rings. The Balaban J connectivity index is 1.44. The van der Waals surface area contributed by atoms with Gasteiger partial charge in [0, 0.05) is 30.5 Å². The third kappa shape index (κ3) is 2.99. The molecule has 5 nitrogen and oxygen atoms in total. The van der Waals surface area contributed by atoms with Crippen LogP contribution in [0.15, 0.2) is 28.8 Å². The van der Waals surface area contributed by atoms with Crippen molar-refractivity contribution in [3.8, 4) is 0 Å². The normalized spacial score (nSPS) is 33.0. The maximum atomic E-state index is 13.4. The average molecular weight is 370 g/mol. The Bertz CT molecular complexity index is 797. The van der Waals surface area contributed by atoms with Crippen molar-refractivity contribution in [3.05, 3.63) is 47.4 Å². The van der Waals surface area contributed by atoms with Crippen LogP contribution < -0.4 is 0 Å². The Morgan fingerprint density at radius 1 is 1.15 bits per heavy atom. The van der Waals surface area contributed by atoms with Crippen molar-refractivity contribution in [1.29, 1.82) is 0 Å². The van der Waals surface area contributed by atoms with Gasteiger partial charge in [0.15, 0.2) is 5.82 Å². The lowest BCUT2D eigenvalue weighted by atomic mass is 9.75. The van der Waals surface area contributed by atoms with Gasteiger partial charge in [-0.3, -0.25) is 9.80 Å². The first-order valence-corrected chi connectivity index (χ1v) is 10.2. The smallest absolute Gasteiger partial charge is 0.240 e. The van der Waals surface area contributed by atoms with E-state index in [0.29, 0.717) is 30.4 Å². The summed E-state index contributed by atoms with van der Waals surface area (Å²) in [5.41, 5.74) is 1.25. The van der Waals surface area contributed by atoms with Crippen LogP contribution in [0.4, 0.5) is 4.39 Å². The molecule has 144 valence electrons. The van der Waals surface area contributed by atoms with Gasteiger partial charge in [0.25, 0.3) is 0 Å². The molecular formula is C21H27FN4O. The highest BCUT2D eigenvalue weighted by Gasteiger charge is 2.53. The van der Waals surface area contributed by atoms with Gasteiger partial charge in [0.2, 0.25) is 5.89 Å². The molecular weight excluding hydrogens is 343 g/mol. The van der Waals surface area contributed by atoms with E-state index in [2.05, 4.69) is 33.8 Å². The topological polar surface area (TPSA) is 45.4 Å². The third-order valence-electron chi connectivity index (χ3n) is 6.73. The molecule has 4 aliphatic rings. The molecule has 0 spiro atoms. The van der Waals surface area contributed by atoms with E-state index in [9.17, 15) is 4.39 Å². The van der Waals surface area contributed by atoms with E-state index in [1.165, 1.54) is 31.5 Å². The molecule has 2 bridgehead atoms. The van der Waals surface area contributed by atoms with E-state index in [-0.39, 0.29) is 11.7 Å². The average Bonchev–Trinajstić information content (AvgIpc) is 3.30. The Hall–Kier alpha value is -1.79. The van der Waals surface area contributed by atoms with Crippen LogP contribution in [0.2, 0.25) is 0 Å². The second-order valence-corrected chi connectivity index (χ2v) is 8.64. The first-order valence-electron chi connectivity index (χ1n) is 10.2. The summed E-state index contributed by atoms with van der Waals surface area (Å²) >= 11 is 0. The van der Waals surface area contributed by atoms with Gasteiger partial charge in [-0.25, -0.2) is 4.39 Å². The molecule has 0 unspecified atom stereocenters. The molecule has 4 saturated heterocycles. The fourth-order valence-electron chi connectivity index (χ4n) is 5.47. The van der Waals surface area contributed by atoms with Crippen molar-refractivity contribution in [2.45, 2.75) is 57.2 Å². The summed E-state index contributed by atoms with van der Waals surface area (Å²) in [7, 11) is 0.